The van der Waals surface area contributed by atoms with Gasteiger partial charge in [-0.15, -0.1) is 10.2 Å². The van der Waals surface area contributed by atoms with E-state index in [0.717, 1.165) is 33.4 Å². The number of nitrogens with one attached hydrogen (secondary N) is 1. The molecule has 0 spiro atoms. The van der Waals surface area contributed by atoms with Gasteiger partial charge in [0.05, 0.1) is 0 Å². The fourth-order valence-electron chi connectivity index (χ4n) is 3.11. The number of nitrogens with zero attached hydrogens (tertiary/aromatic N) is 3. The zero-order chi connectivity index (χ0) is 19.7. The van der Waals surface area contributed by atoms with Gasteiger partial charge in [0.1, 0.15) is 11.4 Å². The predicted molar refractivity (Wildman–Crippen MR) is 113 cm³/mol. The van der Waals surface area contributed by atoms with Gasteiger partial charge in [-0.25, -0.2) is 0 Å². The first-order valence-electron chi connectivity index (χ1n) is 9.20. The number of phenolic OH excluding ortho intramolecular Hbond substituents is 1. The van der Waals surface area contributed by atoms with Crippen LogP contribution in [0.2, 0.25) is 0 Å². The van der Waals surface area contributed by atoms with E-state index >= 15 is 0 Å². The third-order valence-corrected chi connectivity index (χ3v) is 4.60. The van der Waals surface area contributed by atoms with E-state index in [1.165, 1.54) is 0 Å². The number of hydrogen-bond donors (Lipinski definition) is 2. The number of aromatic nitrogens is 3. The number of rotatable bonds is 3. The molecule has 0 aliphatic carbocycles. The molecule has 0 unspecified atom stereocenters. The van der Waals surface area contributed by atoms with Gasteiger partial charge in [-0.1, -0.05) is 51.1 Å². The Hall–Kier alpha value is -3.47. The summed E-state index contributed by atoms with van der Waals surface area (Å²) in [4.78, 5) is 4.62. The van der Waals surface area contributed by atoms with Crippen molar-refractivity contribution in [1.29, 1.82) is 0 Å². The summed E-state index contributed by atoms with van der Waals surface area (Å²) in [7, 11) is 0. The molecule has 0 atom stereocenters. The molecule has 0 aliphatic rings. The molecule has 5 heteroatoms. The lowest BCUT2D eigenvalue weighted by Gasteiger charge is -2.17. The van der Waals surface area contributed by atoms with Crippen molar-refractivity contribution < 1.29 is 5.11 Å². The molecule has 0 saturated heterocycles. The Morgan fingerprint density at radius 3 is 2.32 bits per heavy atom. The summed E-state index contributed by atoms with van der Waals surface area (Å²) < 4.78 is 0. The van der Waals surface area contributed by atoms with E-state index in [9.17, 15) is 5.11 Å². The van der Waals surface area contributed by atoms with Crippen molar-refractivity contribution in [1.82, 2.24) is 15.2 Å². The lowest BCUT2D eigenvalue weighted by molar-refractivity contribution is 0.475. The molecule has 2 aromatic heterocycles. The SMILES string of the molecule is CC(C)(C)c1ccc(-c2nnc(Nc3cccc(O)c3)c3ccccc23)cn1. The molecule has 4 aromatic rings. The van der Waals surface area contributed by atoms with Crippen LogP contribution in [0.25, 0.3) is 22.0 Å². The highest BCUT2D eigenvalue weighted by Crippen LogP contribution is 2.32. The second kappa shape index (κ2) is 6.93. The Morgan fingerprint density at radius 1 is 0.857 bits per heavy atom. The molecule has 4 rings (SSSR count). The normalized spacial score (nSPS) is 11.5. The van der Waals surface area contributed by atoms with Gasteiger partial charge in [-0.2, -0.15) is 0 Å². The fraction of sp³-hybridized carbons (Fsp3) is 0.174. The van der Waals surface area contributed by atoms with Crippen LogP contribution in [0, 0.1) is 0 Å². The standard InChI is InChI=1S/C23H22N4O/c1-23(2,3)20-12-11-15(14-24-20)21-18-9-4-5-10-19(18)22(27-26-21)25-16-7-6-8-17(28)13-16/h4-14,28H,1-3H3,(H,25,27). The lowest BCUT2D eigenvalue weighted by Crippen LogP contribution is -2.13. The Kier molecular flexibility index (Phi) is 4.43. The summed E-state index contributed by atoms with van der Waals surface area (Å²) in [5.74, 6) is 0.841. The number of pyridine rings is 1. The molecule has 0 aliphatic heterocycles. The summed E-state index contributed by atoms with van der Waals surface area (Å²) in [5, 5.41) is 23.8. The van der Waals surface area contributed by atoms with Crippen LogP contribution in [-0.4, -0.2) is 20.3 Å². The van der Waals surface area contributed by atoms with E-state index in [-0.39, 0.29) is 11.2 Å². The Bertz CT molecular complexity index is 1130. The van der Waals surface area contributed by atoms with E-state index in [1.807, 2.05) is 48.7 Å². The van der Waals surface area contributed by atoms with Gasteiger partial charge in [0, 0.05) is 45.4 Å². The number of aromatic hydroxyl groups is 1. The zero-order valence-electron chi connectivity index (χ0n) is 16.1. The highest BCUT2D eigenvalue weighted by Gasteiger charge is 2.16. The van der Waals surface area contributed by atoms with Crippen molar-refractivity contribution in [2.24, 2.45) is 0 Å². The van der Waals surface area contributed by atoms with E-state index in [0.29, 0.717) is 5.82 Å². The van der Waals surface area contributed by atoms with Crippen molar-refractivity contribution in [3.63, 3.8) is 0 Å². The molecule has 0 bridgehead atoms. The molecule has 0 radical (unpaired) electrons. The molecular formula is C23H22N4O. The van der Waals surface area contributed by atoms with Crippen molar-refractivity contribution in [3.05, 3.63) is 72.6 Å². The van der Waals surface area contributed by atoms with Crippen LogP contribution < -0.4 is 5.32 Å². The molecule has 140 valence electrons. The van der Waals surface area contributed by atoms with Crippen molar-refractivity contribution in [3.8, 4) is 17.0 Å². The number of hydrogen-bond acceptors (Lipinski definition) is 5. The van der Waals surface area contributed by atoms with Crippen LogP contribution in [0.3, 0.4) is 0 Å². The number of benzene rings is 2. The molecule has 0 amide bonds. The van der Waals surface area contributed by atoms with E-state index in [4.69, 9.17) is 0 Å². The number of phenols is 1. The maximum Gasteiger partial charge on any atom is 0.161 e. The minimum absolute atomic E-state index is 0.00129. The largest absolute Gasteiger partial charge is 0.508 e. The summed E-state index contributed by atoms with van der Waals surface area (Å²) in [6.07, 6.45) is 1.86. The van der Waals surface area contributed by atoms with Crippen LogP contribution in [0.5, 0.6) is 5.75 Å². The predicted octanol–water partition coefficient (Wildman–Crippen LogP) is 5.44. The van der Waals surface area contributed by atoms with Gasteiger partial charge in [-0.3, -0.25) is 4.98 Å². The van der Waals surface area contributed by atoms with Gasteiger partial charge in [0.15, 0.2) is 5.82 Å². The summed E-state index contributed by atoms with van der Waals surface area (Å²) >= 11 is 0. The van der Waals surface area contributed by atoms with Crippen molar-refractivity contribution >= 4 is 22.3 Å². The molecule has 0 fully saturated rings. The quantitative estimate of drug-likeness (QED) is 0.502. The Balaban J connectivity index is 1.77. The first-order valence-corrected chi connectivity index (χ1v) is 9.20. The van der Waals surface area contributed by atoms with E-state index in [2.05, 4.69) is 41.3 Å². The molecule has 0 saturated carbocycles. The fourth-order valence-corrected chi connectivity index (χ4v) is 3.11. The van der Waals surface area contributed by atoms with Gasteiger partial charge < -0.3 is 10.4 Å². The van der Waals surface area contributed by atoms with Gasteiger partial charge in [0.25, 0.3) is 0 Å². The van der Waals surface area contributed by atoms with Crippen LogP contribution in [0.15, 0.2) is 66.9 Å². The van der Waals surface area contributed by atoms with Crippen LogP contribution in [0.1, 0.15) is 26.5 Å². The van der Waals surface area contributed by atoms with Crippen molar-refractivity contribution in [2.45, 2.75) is 26.2 Å². The highest BCUT2D eigenvalue weighted by atomic mass is 16.3. The van der Waals surface area contributed by atoms with Crippen LogP contribution in [-0.2, 0) is 5.41 Å². The van der Waals surface area contributed by atoms with E-state index < -0.39 is 0 Å². The van der Waals surface area contributed by atoms with Crippen molar-refractivity contribution in [2.75, 3.05) is 5.32 Å². The summed E-state index contributed by atoms with van der Waals surface area (Å²) in [5.41, 5.74) is 3.52. The molecule has 2 heterocycles. The smallest absolute Gasteiger partial charge is 0.161 e. The molecule has 2 aromatic carbocycles. The van der Waals surface area contributed by atoms with Crippen LogP contribution >= 0.6 is 0 Å². The first-order chi connectivity index (χ1) is 13.4. The minimum Gasteiger partial charge on any atom is -0.508 e. The summed E-state index contributed by atoms with van der Waals surface area (Å²) in [6.45, 7) is 6.43. The first kappa shape index (κ1) is 17.9. The van der Waals surface area contributed by atoms with Gasteiger partial charge >= 0.3 is 0 Å². The monoisotopic (exact) mass is 370 g/mol. The topological polar surface area (TPSA) is 70.9 Å². The molecule has 2 N–H and O–H groups in total. The average Bonchev–Trinajstić information content (AvgIpc) is 2.68. The number of fused-ring (bicyclic) bond motifs is 1. The van der Waals surface area contributed by atoms with Gasteiger partial charge in [-0.05, 0) is 24.3 Å². The Morgan fingerprint density at radius 2 is 1.64 bits per heavy atom. The summed E-state index contributed by atoms with van der Waals surface area (Å²) in [6, 6.07) is 19.0. The second-order valence-electron chi connectivity index (χ2n) is 7.80. The third-order valence-electron chi connectivity index (χ3n) is 4.60. The Labute approximate surface area is 164 Å². The zero-order valence-corrected chi connectivity index (χ0v) is 16.1. The van der Waals surface area contributed by atoms with Gasteiger partial charge in [0.2, 0.25) is 0 Å². The average molecular weight is 370 g/mol. The maximum atomic E-state index is 9.69. The van der Waals surface area contributed by atoms with Crippen LogP contribution in [0.4, 0.5) is 11.5 Å². The molecular weight excluding hydrogens is 348 g/mol. The molecule has 28 heavy (non-hydrogen) atoms. The highest BCUT2D eigenvalue weighted by molar-refractivity contribution is 6.00. The minimum atomic E-state index is 0.00129. The maximum absolute atomic E-state index is 9.69. The van der Waals surface area contributed by atoms with E-state index in [1.54, 1.807) is 18.2 Å². The molecule has 5 nitrogen and oxygen atoms in total. The second-order valence-corrected chi connectivity index (χ2v) is 7.80. The third kappa shape index (κ3) is 3.51. The lowest BCUT2D eigenvalue weighted by atomic mass is 9.91. The number of anilines is 2.